The molecule has 6 heteroatoms. The van der Waals surface area contributed by atoms with Crippen molar-refractivity contribution in [3.05, 3.63) is 33.9 Å². The van der Waals surface area contributed by atoms with Gasteiger partial charge in [-0.3, -0.25) is 14.9 Å². The number of hydrogen-bond donors (Lipinski definition) is 2. The van der Waals surface area contributed by atoms with Gasteiger partial charge in [0.05, 0.1) is 4.92 Å². The number of aromatic hydroxyl groups is 1. The highest BCUT2D eigenvalue weighted by atomic mass is 16.6. The Morgan fingerprint density at radius 1 is 1.50 bits per heavy atom. The van der Waals surface area contributed by atoms with Gasteiger partial charge in [-0.15, -0.1) is 0 Å². The van der Waals surface area contributed by atoms with Crippen molar-refractivity contribution in [1.82, 2.24) is 0 Å². The van der Waals surface area contributed by atoms with E-state index in [-0.39, 0.29) is 6.42 Å². The van der Waals surface area contributed by atoms with Gasteiger partial charge in [0.15, 0.2) is 5.75 Å². The third kappa shape index (κ3) is 2.99. The van der Waals surface area contributed by atoms with Crippen LogP contribution >= 0.6 is 0 Å². The summed E-state index contributed by atoms with van der Waals surface area (Å²) in [7, 11) is 0. The van der Waals surface area contributed by atoms with Crippen LogP contribution in [-0.2, 0) is 4.79 Å². The first-order chi connectivity index (χ1) is 7.50. The van der Waals surface area contributed by atoms with Crippen LogP contribution in [0.4, 0.5) is 5.69 Å². The molecule has 0 aliphatic carbocycles. The summed E-state index contributed by atoms with van der Waals surface area (Å²) < 4.78 is 0. The molecule has 16 heavy (non-hydrogen) atoms. The van der Waals surface area contributed by atoms with E-state index in [2.05, 4.69) is 11.8 Å². The lowest BCUT2D eigenvalue weighted by atomic mass is 10.2. The zero-order valence-corrected chi connectivity index (χ0v) is 8.01. The van der Waals surface area contributed by atoms with E-state index < -0.39 is 22.3 Å². The van der Waals surface area contributed by atoms with Gasteiger partial charge in [0.2, 0.25) is 0 Å². The molecule has 0 unspecified atom stereocenters. The monoisotopic (exact) mass is 221 g/mol. The minimum absolute atomic E-state index is 0.322. The average molecular weight is 221 g/mol. The molecule has 1 aromatic rings. The largest absolute Gasteiger partial charge is 0.502 e. The van der Waals surface area contributed by atoms with Crippen LogP contribution in [-0.4, -0.2) is 21.1 Å². The number of rotatable bonds is 2. The maximum Gasteiger partial charge on any atom is 0.315 e. The first-order valence-corrected chi connectivity index (χ1v) is 4.19. The Morgan fingerprint density at radius 3 is 2.69 bits per heavy atom. The van der Waals surface area contributed by atoms with Crippen molar-refractivity contribution >= 4 is 11.7 Å². The molecule has 0 fully saturated rings. The van der Waals surface area contributed by atoms with Gasteiger partial charge in [0.1, 0.15) is 6.42 Å². The van der Waals surface area contributed by atoms with E-state index in [4.69, 9.17) is 5.11 Å². The highest BCUT2D eigenvalue weighted by Gasteiger charge is 2.11. The molecule has 0 aliphatic rings. The number of phenols is 1. The number of phenolic OH excluding ortho intramolecular Hbond substituents is 1. The number of benzene rings is 1. The maximum atomic E-state index is 10.4. The molecule has 6 nitrogen and oxygen atoms in total. The Morgan fingerprint density at radius 2 is 2.19 bits per heavy atom. The molecule has 0 aromatic heterocycles. The summed E-state index contributed by atoms with van der Waals surface area (Å²) in [6.07, 6.45) is -0.322. The zero-order chi connectivity index (χ0) is 12.1. The van der Waals surface area contributed by atoms with E-state index in [1.165, 1.54) is 6.07 Å². The van der Waals surface area contributed by atoms with Crippen molar-refractivity contribution in [2.75, 3.05) is 0 Å². The molecule has 0 saturated carbocycles. The van der Waals surface area contributed by atoms with Crippen molar-refractivity contribution in [2.24, 2.45) is 0 Å². The Balaban J connectivity index is 2.92. The number of aliphatic carboxylic acids is 1. The zero-order valence-electron chi connectivity index (χ0n) is 8.01. The quantitative estimate of drug-likeness (QED) is 0.442. The Hall–Kier alpha value is -2.55. The highest BCUT2D eigenvalue weighted by molar-refractivity contribution is 5.70. The van der Waals surface area contributed by atoms with Crippen molar-refractivity contribution in [1.29, 1.82) is 0 Å². The number of nitro benzene ring substituents is 1. The molecule has 0 aliphatic heterocycles. The third-order valence-electron chi connectivity index (χ3n) is 1.64. The molecule has 0 radical (unpaired) electrons. The predicted molar refractivity (Wildman–Crippen MR) is 53.9 cm³/mol. The molecular formula is C10H7NO5. The van der Waals surface area contributed by atoms with Gasteiger partial charge in [0.25, 0.3) is 0 Å². The van der Waals surface area contributed by atoms with Gasteiger partial charge >= 0.3 is 11.7 Å². The molecule has 0 spiro atoms. The molecule has 2 N–H and O–H groups in total. The van der Waals surface area contributed by atoms with E-state index in [0.29, 0.717) is 5.56 Å². The van der Waals surface area contributed by atoms with Crippen LogP contribution in [0.5, 0.6) is 5.75 Å². The van der Waals surface area contributed by atoms with Crippen LogP contribution in [0.2, 0.25) is 0 Å². The highest BCUT2D eigenvalue weighted by Crippen LogP contribution is 2.25. The van der Waals surface area contributed by atoms with Crippen molar-refractivity contribution in [3.63, 3.8) is 0 Å². The lowest BCUT2D eigenvalue weighted by Crippen LogP contribution is -1.91. The molecule has 1 rings (SSSR count). The smallest absolute Gasteiger partial charge is 0.315 e. The van der Waals surface area contributed by atoms with Gasteiger partial charge in [-0.2, -0.15) is 0 Å². The lowest BCUT2D eigenvalue weighted by Gasteiger charge is -1.95. The SMILES string of the molecule is O=C(O)CC#Cc1ccc([N+](=O)[O-])c(O)c1. The van der Waals surface area contributed by atoms with E-state index in [0.717, 1.165) is 12.1 Å². The first kappa shape index (κ1) is 11.5. The maximum absolute atomic E-state index is 10.4. The average Bonchev–Trinajstić information content (AvgIpc) is 2.16. The van der Waals surface area contributed by atoms with Gasteiger partial charge in [-0.25, -0.2) is 0 Å². The summed E-state index contributed by atoms with van der Waals surface area (Å²) in [6, 6.07) is 3.57. The molecule has 1 aromatic carbocycles. The van der Waals surface area contributed by atoms with Gasteiger partial charge in [-0.05, 0) is 6.07 Å². The second kappa shape index (κ2) is 4.79. The number of hydrogen-bond acceptors (Lipinski definition) is 4. The minimum atomic E-state index is -1.06. The molecule has 0 amide bonds. The summed E-state index contributed by atoms with van der Waals surface area (Å²) in [5.74, 6) is 3.27. The van der Waals surface area contributed by atoms with Gasteiger partial charge < -0.3 is 10.2 Å². The van der Waals surface area contributed by atoms with E-state index >= 15 is 0 Å². The predicted octanol–water partition coefficient (Wildman–Crippen LogP) is 1.13. The Labute approximate surface area is 90.3 Å². The van der Waals surface area contributed by atoms with Crippen LogP contribution in [0.3, 0.4) is 0 Å². The second-order valence-electron chi connectivity index (χ2n) is 2.83. The number of carboxylic acid groups (broad SMARTS) is 1. The number of carboxylic acids is 1. The summed E-state index contributed by atoms with van der Waals surface area (Å²) in [6.45, 7) is 0. The molecule has 0 atom stereocenters. The molecule has 0 bridgehead atoms. The van der Waals surface area contributed by atoms with E-state index in [1.807, 2.05) is 0 Å². The Kier molecular flexibility index (Phi) is 3.45. The van der Waals surface area contributed by atoms with Gasteiger partial charge in [-0.1, -0.05) is 11.8 Å². The minimum Gasteiger partial charge on any atom is -0.502 e. The van der Waals surface area contributed by atoms with Crippen LogP contribution < -0.4 is 0 Å². The van der Waals surface area contributed by atoms with Crippen LogP contribution in [0.1, 0.15) is 12.0 Å². The number of carbonyl (C=O) groups is 1. The second-order valence-corrected chi connectivity index (χ2v) is 2.83. The van der Waals surface area contributed by atoms with Crippen LogP contribution in [0.25, 0.3) is 0 Å². The first-order valence-electron chi connectivity index (χ1n) is 4.19. The third-order valence-corrected chi connectivity index (χ3v) is 1.64. The topological polar surface area (TPSA) is 101 Å². The number of nitrogens with zero attached hydrogens (tertiary/aromatic N) is 1. The molecule has 0 heterocycles. The Bertz CT molecular complexity index is 498. The van der Waals surface area contributed by atoms with Crippen molar-refractivity contribution in [3.8, 4) is 17.6 Å². The molecule has 0 saturated heterocycles. The van der Waals surface area contributed by atoms with Crippen LogP contribution in [0, 0.1) is 22.0 Å². The summed E-state index contributed by atoms with van der Waals surface area (Å²) in [5, 5.41) is 27.9. The number of nitro groups is 1. The summed E-state index contributed by atoms with van der Waals surface area (Å²) in [4.78, 5) is 19.8. The summed E-state index contributed by atoms with van der Waals surface area (Å²) >= 11 is 0. The van der Waals surface area contributed by atoms with Crippen LogP contribution in [0.15, 0.2) is 18.2 Å². The van der Waals surface area contributed by atoms with E-state index in [1.54, 1.807) is 0 Å². The fourth-order valence-electron chi connectivity index (χ4n) is 0.977. The van der Waals surface area contributed by atoms with Crippen molar-refractivity contribution in [2.45, 2.75) is 6.42 Å². The lowest BCUT2D eigenvalue weighted by molar-refractivity contribution is -0.385. The fraction of sp³-hybridized carbons (Fsp3) is 0.100. The molecule has 82 valence electrons. The van der Waals surface area contributed by atoms with Crippen molar-refractivity contribution < 1.29 is 19.9 Å². The van der Waals surface area contributed by atoms with E-state index in [9.17, 15) is 20.0 Å². The standard InChI is InChI=1S/C10H7NO5/c12-9-6-7(2-1-3-10(13)14)4-5-8(9)11(15)16/h4-6,12H,3H2,(H,13,14). The molecular weight excluding hydrogens is 214 g/mol. The normalized spacial score (nSPS) is 9.00. The van der Waals surface area contributed by atoms with Gasteiger partial charge in [0, 0.05) is 17.7 Å². The summed E-state index contributed by atoms with van der Waals surface area (Å²) in [5.41, 5.74) is -0.0897. The fourth-order valence-corrected chi connectivity index (χ4v) is 0.977.